The first-order chi connectivity index (χ1) is 17.9. The number of hydrogen-bond acceptors (Lipinski definition) is 6. The molecule has 0 fully saturated rings. The number of phenolic OH excluding ortho intramolecular Hbond substituents is 2. The van der Waals surface area contributed by atoms with Gasteiger partial charge in [-0.2, -0.15) is 0 Å². The van der Waals surface area contributed by atoms with E-state index >= 15 is 0 Å². The zero-order valence-corrected chi connectivity index (χ0v) is 23.0. The molecule has 0 heterocycles. The van der Waals surface area contributed by atoms with Crippen molar-refractivity contribution in [3.63, 3.8) is 0 Å². The van der Waals surface area contributed by atoms with Crippen LogP contribution in [0.1, 0.15) is 117 Å². The molecule has 2 aromatic rings. The summed E-state index contributed by atoms with van der Waals surface area (Å²) in [5, 5.41) is 17.9. The lowest BCUT2D eigenvalue weighted by Gasteiger charge is -2.10. The van der Waals surface area contributed by atoms with Crippen LogP contribution in [-0.4, -0.2) is 35.4 Å². The van der Waals surface area contributed by atoms with E-state index in [0.717, 1.165) is 25.7 Å². The summed E-state index contributed by atoms with van der Waals surface area (Å²) in [7, 11) is 0. The highest BCUT2D eigenvalue weighted by Gasteiger charge is 2.18. The van der Waals surface area contributed by atoms with Crippen LogP contribution in [0.25, 0.3) is 0 Å². The summed E-state index contributed by atoms with van der Waals surface area (Å²) in [5.41, 5.74) is 1.11. The number of ether oxygens (including phenoxy) is 2. The van der Waals surface area contributed by atoms with Crippen LogP contribution in [0, 0.1) is 6.92 Å². The van der Waals surface area contributed by atoms with E-state index in [1.165, 1.54) is 63.5 Å². The number of rotatable bonds is 16. The highest BCUT2D eigenvalue weighted by Crippen LogP contribution is 2.23. The minimum Gasteiger partial charge on any atom is -0.508 e. The molecule has 0 saturated heterocycles. The van der Waals surface area contributed by atoms with Crippen LogP contribution in [0.5, 0.6) is 11.5 Å². The number of phenols is 2. The van der Waals surface area contributed by atoms with Crippen molar-refractivity contribution >= 4 is 11.9 Å². The highest BCUT2D eigenvalue weighted by atomic mass is 16.5. The molecule has 0 bridgehead atoms. The molecule has 0 unspecified atom stereocenters. The average molecular weight is 515 g/mol. The van der Waals surface area contributed by atoms with Gasteiger partial charge in [0.05, 0.1) is 24.3 Å². The third-order valence-electron chi connectivity index (χ3n) is 6.11. The number of carbonyl (C=O) groups is 2. The van der Waals surface area contributed by atoms with Crippen molar-refractivity contribution in [3.8, 4) is 11.5 Å². The predicted molar refractivity (Wildman–Crippen MR) is 148 cm³/mol. The summed E-state index contributed by atoms with van der Waals surface area (Å²) in [5.74, 6) is -0.619. The quantitative estimate of drug-likeness (QED) is 0.173. The van der Waals surface area contributed by atoms with Gasteiger partial charge in [0.25, 0.3) is 0 Å². The molecule has 0 radical (unpaired) electrons. The molecule has 0 atom stereocenters. The Balaban J connectivity index is 0.000000635. The first-order valence-corrected chi connectivity index (χ1v) is 13.8. The van der Waals surface area contributed by atoms with Crippen LogP contribution >= 0.6 is 0 Å². The lowest BCUT2D eigenvalue weighted by Crippen LogP contribution is -2.15. The van der Waals surface area contributed by atoms with Crippen LogP contribution in [0.3, 0.4) is 0 Å². The molecule has 6 heteroatoms. The van der Waals surface area contributed by atoms with Gasteiger partial charge < -0.3 is 19.7 Å². The molecule has 2 aromatic carbocycles. The third-order valence-corrected chi connectivity index (χ3v) is 6.11. The Morgan fingerprint density at radius 3 is 1.35 bits per heavy atom. The van der Waals surface area contributed by atoms with E-state index in [1.54, 1.807) is 37.3 Å². The van der Waals surface area contributed by atoms with Gasteiger partial charge in [0.1, 0.15) is 11.5 Å². The lowest BCUT2D eigenvalue weighted by molar-refractivity contribution is 0.0450. The van der Waals surface area contributed by atoms with Crippen molar-refractivity contribution in [1.82, 2.24) is 0 Å². The van der Waals surface area contributed by atoms with E-state index < -0.39 is 11.9 Å². The van der Waals surface area contributed by atoms with Crippen molar-refractivity contribution in [3.05, 3.63) is 59.2 Å². The number of hydrogen-bond donors (Lipinski definition) is 2. The maximum atomic E-state index is 12.4. The fourth-order valence-corrected chi connectivity index (χ4v) is 3.70. The number of esters is 2. The summed E-state index contributed by atoms with van der Waals surface area (Å²) >= 11 is 0. The molecule has 0 aliphatic rings. The van der Waals surface area contributed by atoms with E-state index in [-0.39, 0.29) is 11.5 Å². The zero-order chi connectivity index (χ0) is 27.3. The monoisotopic (exact) mass is 514 g/mol. The van der Waals surface area contributed by atoms with Crippen molar-refractivity contribution in [2.45, 2.75) is 97.8 Å². The van der Waals surface area contributed by atoms with Gasteiger partial charge in [-0.15, -0.1) is 0 Å². The topological polar surface area (TPSA) is 93.1 Å². The smallest absolute Gasteiger partial charge is 0.339 e. The molecule has 206 valence electrons. The maximum absolute atomic E-state index is 12.4. The number of aromatic hydroxyl groups is 2. The molecule has 37 heavy (non-hydrogen) atoms. The van der Waals surface area contributed by atoms with Gasteiger partial charge in [-0.25, -0.2) is 9.59 Å². The van der Waals surface area contributed by atoms with Crippen molar-refractivity contribution in [1.29, 1.82) is 0 Å². The Bertz CT molecular complexity index is 839. The number of benzene rings is 2. The van der Waals surface area contributed by atoms with Gasteiger partial charge in [0, 0.05) is 5.56 Å². The minimum absolute atomic E-state index is 0.134. The Morgan fingerprint density at radius 2 is 0.973 bits per heavy atom. The summed E-state index contributed by atoms with van der Waals surface area (Å²) in [6.45, 7) is 6.83. The van der Waals surface area contributed by atoms with Crippen molar-refractivity contribution in [2.75, 3.05) is 13.2 Å². The maximum Gasteiger partial charge on any atom is 0.339 e. The fraction of sp³-hybridized carbons (Fsp3) is 0.548. The summed E-state index contributed by atoms with van der Waals surface area (Å²) in [4.78, 5) is 24.7. The average Bonchev–Trinajstić information content (AvgIpc) is 2.90. The SMILES string of the molecule is CCCCCCCCOC(=O)c1ccccc1C(=O)OCCCCCCCC.Cc1c(O)cccc1O. The lowest BCUT2D eigenvalue weighted by atomic mass is 10.1. The fourth-order valence-electron chi connectivity index (χ4n) is 3.70. The Kier molecular flexibility index (Phi) is 17.4. The van der Waals surface area contributed by atoms with Crippen LogP contribution in [-0.2, 0) is 9.47 Å². The highest BCUT2D eigenvalue weighted by molar-refractivity contribution is 6.03. The van der Waals surface area contributed by atoms with Gasteiger partial charge >= 0.3 is 11.9 Å². The summed E-state index contributed by atoms with van der Waals surface area (Å²) in [6.07, 6.45) is 13.6. The number of carbonyl (C=O) groups excluding carboxylic acids is 2. The Morgan fingerprint density at radius 1 is 0.595 bits per heavy atom. The van der Waals surface area contributed by atoms with Crippen molar-refractivity contribution < 1.29 is 29.3 Å². The standard InChI is InChI=1S/C24H38O4.C7H8O2/c1-3-5-7-9-11-15-19-27-23(25)21-17-13-14-18-22(21)24(26)28-20-16-12-10-8-6-4-2;1-5-6(8)3-2-4-7(5)9/h13-14,17-18H,3-12,15-16,19-20H2,1-2H3;2-4,8-9H,1H3. The molecule has 0 amide bonds. The van der Waals surface area contributed by atoms with E-state index in [2.05, 4.69) is 13.8 Å². The second-order valence-electron chi connectivity index (χ2n) is 9.27. The molecule has 2 rings (SSSR count). The Labute approximate surface area is 223 Å². The normalized spacial score (nSPS) is 10.4. The van der Waals surface area contributed by atoms with E-state index in [4.69, 9.17) is 19.7 Å². The molecular weight excluding hydrogens is 468 g/mol. The summed E-state index contributed by atoms with van der Waals surface area (Å²) in [6, 6.07) is 11.4. The van der Waals surface area contributed by atoms with Gasteiger partial charge in [0.2, 0.25) is 0 Å². The molecule has 0 saturated carbocycles. The second kappa shape index (κ2) is 20.1. The molecular formula is C31H46O6. The van der Waals surface area contributed by atoms with Gasteiger partial charge in [-0.05, 0) is 44.0 Å². The molecule has 2 N–H and O–H groups in total. The largest absolute Gasteiger partial charge is 0.508 e. The van der Waals surface area contributed by atoms with Crippen LogP contribution < -0.4 is 0 Å². The van der Waals surface area contributed by atoms with E-state index in [9.17, 15) is 9.59 Å². The second-order valence-corrected chi connectivity index (χ2v) is 9.27. The molecule has 0 aliphatic carbocycles. The van der Waals surface area contributed by atoms with Crippen molar-refractivity contribution in [2.24, 2.45) is 0 Å². The van der Waals surface area contributed by atoms with Gasteiger partial charge in [-0.3, -0.25) is 0 Å². The van der Waals surface area contributed by atoms with Gasteiger partial charge in [0.15, 0.2) is 0 Å². The van der Waals surface area contributed by atoms with Crippen LogP contribution in [0.2, 0.25) is 0 Å². The minimum atomic E-state index is -0.444. The summed E-state index contributed by atoms with van der Waals surface area (Å²) < 4.78 is 10.7. The predicted octanol–water partition coefficient (Wildman–Crippen LogP) is 8.13. The zero-order valence-electron chi connectivity index (χ0n) is 23.0. The van der Waals surface area contributed by atoms with Crippen LogP contribution in [0.4, 0.5) is 0 Å². The molecule has 6 nitrogen and oxygen atoms in total. The molecule has 0 aliphatic heterocycles. The number of unbranched alkanes of at least 4 members (excludes halogenated alkanes) is 10. The van der Waals surface area contributed by atoms with E-state index in [1.807, 2.05) is 0 Å². The first kappa shape index (κ1) is 32.0. The first-order valence-electron chi connectivity index (χ1n) is 13.8. The third kappa shape index (κ3) is 13.7. The Hall–Kier alpha value is -3.02. The van der Waals surface area contributed by atoms with Gasteiger partial charge in [-0.1, -0.05) is 96.3 Å². The molecule has 0 spiro atoms. The molecule has 0 aromatic heterocycles. The van der Waals surface area contributed by atoms with E-state index in [0.29, 0.717) is 29.9 Å². The van der Waals surface area contributed by atoms with Crippen LogP contribution in [0.15, 0.2) is 42.5 Å².